The Bertz CT molecular complexity index is 1070. The summed E-state index contributed by atoms with van der Waals surface area (Å²) in [4.78, 5) is 0. The van der Waals surface area contributed by atoms with E-state index < -0.39 is 7.26 Å². The normalized spacial score (nSPS) is 16.8. The van der Waals surface area contributed by atoms with Crippen LogP contribution in [0.5, 0.6) is 0 Å². The van der Waals surface area contributed by atoms with Gasteiger partial charge in [0.05, 0.1) is 6.16 Å². The van der Waals surface area contributed by atoms with Gasteiger partial charge in [-0.1, -0.05) is 80.1 Å². The van der Waals surface area contributed by atoms with Crippen LogP contribution < -0.4 is 15.9 Å². The number of hydrogen-bond donors (Lipinski definition) is 0. The van der Waals surface area contributed by atoms with E-state index in [1.165, 1.54) is 33.5 Å². The number of halogens is 1. The van der Waals surface area contributed by atoms with Crippen molar-refractivity contribution in [1.82, 2.24) is 0 Å². The van der Waals surface area contributed by atoms with Crippen LogP contribution in [0.2, 0.25) is 0 Å². The number of hydrogen-bond acceptors (Lipinski definition) is 0. The van der Waals surface area contributed by atoms with E-state index in [0.29, 0.717) is 6.16 Å². The Kier molecular flexibility index (Phi) is 7.64. The standard InChI is InChI=1S/C32H35FP/c1-26-14-13-24-32(2,3)31(26)22-21-27(33)23-25-34(28-15-7-4-8-16-28,29-17-9-5-10-18-29)30-19-11-6-12-20-30/h4-12,15-23H,13-14,24-25H2,1-3H3/q+1/b22-21+,27-23-. The highest BCUT2D eigenvalue weighted by atomic mass is 31.2. The predicted molar refractivity (Wildman–Crippen MR) is 149 cm³/mol. The van der Waals surface area contributed by atoms with Gasteiger partial charge in [-0.15, -0.1) is 0 Å². The van der Waals surface area contributed by atoms with Crippen molar-refractivity contribution in [2.75, 3.05) is 6.16 Å². The molecule has 0 heterocycles. The van der Waals surface area contributed by atoms with Gasteiger partial charge >= 0.3 is 0 Å². The van der Waals surface area contributed by atoms with Crippen LogP contribution in [-0.4, -0.2) is 6.16 Å². The average Bonchev–Trinajstić information content (AvgIpc) is 2.86. The van der Waals surface area contributed by atoms with Crippen molar-refractivity contribution < 1.29 is 4.39 Å². The second kappa shape index (κ2) is 10.7. The molecule has 2 heteroatoms. The molecule has 0 aliphatic heterocycles. The fourth-order valence-corrected chi connectivity index (χ4v) is 9.29. The zero-order valence-electron chi connectivity index (χ0n) is 20.5. The Morgan fingerprint density at radius 2 is 1.29 bits per heavy atom. The third kappa shape index (κ3) is 5.16. The molecular weight excluding hydrogens is 434 g/mol. The highest BCUT2D eigenvalue weighted by Gasteiger charge is 2.44. The van der Waals surface area contributed by atoms with Gasteiger partial charge in [0, 0.05) is 0 Å². The minimum absolute atomic E-state index is 0.105. The van der Waals surface area contributed by atoms with Crippen molar-refractivity contribution in [3.63, 3.8) is 0 Å². The first-order chi connectivity index (χ1) is 16.4. The van der Waals surface area contributed by atoms with E-state index in [1.807, 2.05) is 12.2 Å². The maximum Gasteiger partial charge on any atom is 0.122 e. The van der Waals surface area contributed by atoms with E-state index in [1.54, 1.807) is 6.08 Å². The summed E-state index contributed by atoms with van der Waals surface area (Å²) in [6, 6.07) is 31.9. The lowest BCUT2D eigenvalue weighted by Crippen LogP contribution is -2.32. The zero-order valence-corrected chi connectivity index (χ0v) is 21.4. The van der Waals surface area contributed by atoms with Crippen molar-refractivity contribution in [2.24, 2.45) is 5.41 Å². The van der Waals surface area contributed by atoms with Crippen LogP contribution in [0.4, 0.5) is 4.39 Å². The fraction of sp³-hybridized carbons (Fsp3) is 0.250. The minimum atomic E-state index is -2.06. The van der Waals surface area contributed by atoms with Gasteiger partial charge in [0.25, 0.3) is 0 Å². The third-order valence-corrected chi connectivity index (χ3v) is 11.4. The highest BCUT2D eigenvalue weighted by Crippen LogP contribution is 2.55. The number of benzene rings is 3. The summed E-state index contributed by atoms with van der Waals surface area (Å²) in [5, 5.41) is 3.81. The molecule has 0 saturated carbocycles. The second-order valence-electron chi connectivity index (χ2n) is 9.85. The Hall–Kier alpha value is -2.76. The van der Waals surface area contributed by atoms with Gasteiger partial charge in [0.15, 0.2) is 0 Å². The molecule has 0 saturated heterocycles. The molecule has 34 heavy (non-hydrogen) atoms. The SMILES string of the molecule is CC1=C(/C=C/C(F)=C/C[P+](c2ccccc2)(c2ccccc2)c2ccccc2)C(C)(C)CCC1. The molecule has 1 aliphatic rings. The molecule has 0 atom stereocenters. The van der Waals surface area contributed by atoms with E-state index in [9.17, 15) is 0 Å². The summed E-state index contributed by atoms with van der Waals surface area (Å²) in [7, 11) is -2.06. The molecule has 0 unspecified atom stereocenters. The Morgan fingerprint density at radius 1 is 0.824 bits per heavy atom. The summed E-state index contributed by atoms with van der Waals surface area (Å²) >= 11 is 0. The van der Waals surface area contributed by atoms with Crippen LogP contribution in [0.1, 0.15) is 40.0 Å². The molecule has 0 nitrogen and oxygen atoms in total. The van der Waals surface area contributed by atoms with Gasteiger partial charge in [-0.2, -0.15) is 0 Å². The molecule has 3 aromatic carbocycles. The van der Waals surface area contributed by atoms with Crippen LogP contribution in [0, 0.1) is 5.41 Å². The first-order valence-corrected chi connectivity index (χ1v) is 14.2. The summed E-state index contributed by atoms with van der Waals surface area (Å²) in [5.74, 6) is -0.158. The van der Waals surface area contributed by atoms with E-state index >= 15 is 4.39 Å². The molecule has 0 N–H and O–H groups in total. The van der Waals surface area contributed by atoms with E-state index in [2.05, 4.69) is 112 Å². The van der Waals surface area contributed by atoms with Gasteiger partial charge in [-0.25, -0.2) is 4.39 Å². The van der Waals surface area contributed by atoms with Gasteiger partial charge in [0.2, 0.25) is 0 Å². The van der Waals surface area contributed by atoms with Crippen LogP contribution >= 0.6 is 7.26 Å². The molecule has 0 bridgehead atoms. The van der Waals surface area contributed by atoms with Gasteiger partial charge in [0.1, 0.15) is 29.0 Å². The summed E-state index contributed by atoms with van der Waals surface area (Å²) in [6.45, 7) is 6.74. The molecule has 4 rings (SSSR count). The van der Waals surface area contributed by atoms with Crippen molar-refractivity contribution >= 4 is 23.2 Å². The molecule has 1 aliphatic carbocycles. The average molecular weight is 470 g/mol. The van der Waals surface area contributed by atoms with Crippen LogP contribution in [0.3, 0.4) is 0 Å². The predicted octanol–water partition coefficient (Wildman–Crippen LogP) is 7.92. The zero-order chi connectivity index (χ0) is 24.0. The minimum Gasteiger partial charge on any atom is -0.207 e. The van der Waals surface area contributed by atoms with Crippen LogP contribution in [-0.2, 0) is 0 Å². The molecule has 0 fully saturated rings. The second-order valence-corrected chi connectivity index (χ2v) is 13.4. The summed E-state index contributed by atoms with van der Waals surface area (Å²) in [6.07, 6.45) is 9.63. The smallest absolute Gasteiger partial charge is 0.122 e. The molecule has 174 valence electrons. The summed E-state index contributed by atoms with van der Waals surface area (Å²) < 4.78 is 15.4. The van der Waals surface area contributed by atoms with Crippen molar-refractivity contribution in [3.05, 3.63) is 126 Å². The lowest BCUT2D eigenvalue weighted by molar-refractivity contribution is 0.376. The lowest BCUT2D eigenvalue weighted by atomic mass is 9.72. The molecule has 0 amide bonds. The maximum absolute atomic E-state index is 15.4. The lowest BCUT2D eigenvalue weighted by Gasteiger charge is -2.32. The largest absolute Gasteiger partial charge is 0.207 e. The van der Waals surface area contributed by atoms with Gasteiger partial charge in [-0.05, 0) is 85.7 Å². The van der Waals surface area contributed by atoms with Crippen molar-refractivity contribution in [2.45, 2.75) is 40.0 Å². The molecular formula is C32H35FP+. The quantitative estimate of drug-likeness (QED) is 0.244. The Balaban J connectivity index is 1.77. The Labute approximate surface area is 205 Å². The maximum atomic E-state index is 15.4. The monoisotopic (exact) mass is 469 g/mol. The van der Waals surface area contributed by atoms with Crippen LogP contribution in [0.25, 0.3) is 0 Å². The van der Waals surface area contributed by atoms with E-state index in [0.717, 1.165) is 12.8 Å². The van der Waals surface area contributed by atoms with Crippen LogP contribution in [0.15, 0.2) is 126 Å². The van der Waals surface area contributed by atoms with Gasteiger partial charge in [-0.3, -0.25) is 0 Å². The third-order valence-electron chi connectivity index (χ3n) is 7.10. The highest BCUT2D eigenvalue weighted by molar-refractivity contribution is 7.95. The molecule has 0 spiro atoms. The summed E-state index contributed by atoms with van der Waals surface area (Å²) in [5.41, 5.74) is 2.78. The van der Waals surface area contributed by atoms with E-state index in [4.69, 9.17) is 0 Å². The van der Waals surface area contributed by atoms with Crippen molar-refractivity contribution in [3.8, 4) is 0 Å². The molecule has 0 radical (unpaired) electrons. The number of allylic oxidation sites excluding steroid dienone is 6. The van der Waals surface area contributed by atoms with Gasteiger partial charge < -0.3 is 0 Å². The fourth-order valence-electron chi connectivity index (χ4n) is 5.28. The van der Waals surface area contributed by atoms with Crippen molar-refractivity contribution in [1.29, 1.82) is 0 Å². The first-order valence-electron chi connectivity index (χ1n) is 12.2. The molecule has 0 aromatic heterocycles. The molecule has 3 aromatic rings. The van der Waals surface area contributed by atoms with E-state index in [-0.39, 0.29) is 11.2 Å². The Morgan fingerprint density at radius 3 is 1.74 bits per heavy atom. The topological polar surface area (TPSA) is 0 Å². The first kappa shape index (κ1) is 24.4. The number of rotatable bonds is 7.